The minimum absolute atomic E-state index is 0.0105. The highest BCUT2D eigenvalue weighted by atomic mass is 32.2. The number of esters is 1. The summed E-state index contributed by atoms with van der Waals surface area (Å²) >= 11 is 0. The Balaban J connectivity index is 1.89. The van der Waals surface area contributed by atoms with Gasteiger partial charge in [-0.25, -0.2) is 16.8 Å². The molecule has 3 aromatic carbocycles. The first-order valence-corrected chi connectivity index (χ1v) is 13.5. The van der Waals surface area contributed by atoms with Gasteiger partial charge in [-0.1, -0.05) is 35.9 Å². The number of benzene rings is 3. The number of sulfonamides is 2. The number of aromatic hydroxyl groups is 1. The quantitative estimate of drug-likeness (QED) is 0.518. The number of aryl methyl sites for hydroxylation is 1. The van der Waals surface area contributed by atoms with E-state index in [0.29, 0.717) is 5.56 Å². The monoisotopic (exact) mass is 516 g/mol. The zero-order valence-corrected chi connectivity index (χ0v) is 20.7. The number of phenols is 1. The smallest absolute Gasteiger partial charge is 0.326 e. The van der Waals surface area contributed by atoms with Gasteiger partial charge in [0.1, 0.15) is 11.8 Å². The Bertz CT molecular complexity index is 1450. The van der Waals surface area contributed by atoms with E-state index in [9.17, 15) is 26.7 Å². The molecule has 0 amide bonds. The molecule has 0 radical (unpaired) electrons. The maximum atomic E-state index is 13.7. The molecular weight excluding hydrogens is 492 g/mol. The van der Waals surface area contributed by atoms with Gasteiger partial charge >= 0.3 is 5.97 Å². The molecule has 0 bridgehead atoms. The second-order valence-corrected chi connectivity index (χ2v) is 11.8. The molecule has 1 atom stereocenters. The van der Waals surface area contributed by atoms with Gasteiger partial charge in [0, 0.05) is 6.54 Å². The number of rotatable bonds is 5. The summed E-state index contributed by atoms with van der Waals surface area (Å²) in [6.07, 6.45) is 0. The summed E-state index contributed by atoms with van der Waals surface area (Å²) in [5, 5.41) is 9.58. The van der Waals surface area contributed by atoms with Crippen molar-refractivity contribution in [1.29, 1.82) is 0 Å². The summed E-state index contributed by atoms with van der Waals surface area (Å²) in [6, 6.07) is 16.2. The molecule has 0 saturated carbocycles. The van der Waals surface area contributed by atoms with Crippen LogP contribution in [0.5, 0.6) is 5.75 Å². The van der Waals surface area contributed by atoms with Crippen LogP contribution in [0.3, 0.4) is 0 Å². The Morgan fingerprint density at radius 2 is 1.46 bits per heavy atom. The highest BCUT2D eigenvalue weighted by molar-refractivity contribution is 7.93. The van der Waals surface area contributed by atoms with E-state index < -0.39 is 38.6 Å². The summed E-state index contributed by atoms with van der Waals surface area (Å²) in [4.78, 5) is 12.7. The second-order valence-electron chi connectivity index (χ2n) is 8.06. The Kier molecular flexibility index (Phi) is 6.58. The maximum absolute atomic E-state index is 13.7. The fourth-order valence-electron chi connectivity index (χ4n) is 3.91. The van der Waals surface area contributed by atoms with Crippen LogP contribution in [-0.4, -0.2) is 51.9 Å². The van der Waals surface area contributed by atoms with Crippen molar-refractivity contribution in [2.24, 2.45) is 0 Å². The number of phenolic OH excluding ortho intramolecular Hbond substituents is 1. The molecule has 1 N–H and O–H groups in total. The molecular formula is C24H24N2O7S2. The first-order chi connectivity index (χ1) is 16.6. The van der Waals surface area contributed by atoms with Crippen LogP contribution < -0.4 is 4.31 Å². The van der Waals surface area contributed by atoms with Gasteiger partial charge in [-0.15, -0.1) is 0 Å². The van der Waals surface area contributed by atoms with Gasteiger partial charge in [0.15, 0.2) is 0 Å². The summed E-state index contributed by atoms with van der Waals surface area (Å²) in [7, 11) is -7.33. The number of para-hydroxylation sites is 1. The lowest BCUT2D eigenvalue weighted by Crippen LogP contribution is -2.50. The number of methoxy groups -OCH3 is 1. The van der Waals surface area contributed by atoms with Gasteiger partial charge in [0.25, 0.3) is 10.0 Å². The first-order valence-electron chi connectivity index (χ1n) is 10.6. The van der Waals surface area contributed by atoms with Gasteiger partial charge in [-0.3, -0.25) is 9.10 Å². The lowest BCUT2D eigenvalue weighted by molar-refractivity contribution is -0.144. The van der Waals surface area contributed by atoms with Crippen molar-refractivity contribution in [3.05, 3.63) is 83.9 Å². The van der Waals surface area contributed by atoms with Gasteiger partial charge < -0.3 is 9.84 Å². The lowest BCUT2D eigenvalue weighted by Gasteiger charge is -2.29. The summed E-state index contributed by atoms with van der Waals surface area (Å²) < 4.78 is 61.6. The molecule has 4 rings (SSSR count). The topological polar surface area (TPSA) is 121 Å². The maximum Gasteiger partial charge on any atom is 0.326 e. The number of hydrogen-bond acceptors (Lipinski definition) is 7. The average Bonchev–Trinajstić information content (AvgIpc) is 3.02. The van der Waals surface area contributed by atoms with Gasteiger partial charge in [-0.05, 0) is 55.0 Å². The summed E-state index contributed by atoms with van der Waals surface area (Å²) in [5.41, 5.74) is 1.54. The third-order valence-corrected chi connectivity index (χ3v) is 9.46. The van der Waals surface area contributed by atoms with E-state index in [-0.39, 0.29) is 27.8 Å². The van der Waals surface area contributed by atoms with Gasteiger partial charge in [0.2, 0.25) is 10.0 Å². The molecule has 35 heavy (non-hydrogen) atoms. The molecule has 11 heteroatoms. The minimum Gasteiger partial charge on any atom is -0.508 e. The predicted octanol–water partition coefficient (Wildman–Crippen LogP) is 2.64. The third-order valence-electron chi connectivity index (χ3n) is 5.80. The Hall–Kier alpha value is -3.41. The van der Waals surface area contributed by atoms with Crippen LogP contribution in [0, 0.1) is 6.92 Å². The molecule has 0 aromatic heterocycles. The Labute approximate surface area is 204 Å². The van der Waals surface area contributed by atoms with Crippen LogP contribution in [0.2, 0.25) is 0 Å². The zero-order chi connectivity index (χ0) is 25.4. The van der Waals surface area contributed by atoms with Crippen LogP contribution in [0.25, 0.3) is 0 Å². The minimum atomic E-state index is -4.29. The Morgan fingerprint density at radius 1 is 0.886 bits per heavy atom. The molecule has 1 heterocycles. The first kappa shape index (κ1) is 24.7. The molecule has 0 spiro atoms. The van der Waals surface area contributed by atoms with Crippen LogP contribution in [0.4, 0.5) is 5.69 Å². The van der Waals surface area contributed by atoms with Crippen molar-refractivity contribution in [2.75, 3.05) is 18.0 Å². The number of hydrogen-bond donors (Lipinski definition) is 1. The van der Waals surface area contributed by atoms with Crippen molar-refractivity contribution in [3.8, 4) is 5.75 Å². The lowest BCUT2D eigenvalue weighted by atomic mass is 10.2. The number of nitrogens with zero attached hydrogens (tertiary/aromatic N) is 2. The van der Waals surface area contributed by atoms with E-state index in [0.717, 1.165) is 21.3 Å². The summed E-state index contributed by atoms with van der Waals surface area (Å²) in [6.45, 7) is 1.08. The molecule has 1 aliphatic heterocycles. The molecule has 0 saturated heterocycles. The van der Waals surface area contributed by atoms with E-state index >= 15 is 0 Å². The molecule has 0 aliphatic carbocycles. The van der Waals surface area contributed by atoms with Crippen molar-refractivity contribution in [2.45, 2.75) is 29.3 Å². The summed E-state index contributed by atoms with van der Waals surface area (Å²) in [5.74, 6) is -1.02. The molecule has 1 aliphatic rings. The van der Waals surface area contributed by atoms with E-state index in [1.165, 1.54) is 36.4 Å². The fraction of sp³-hybridized carbons (Fsp3) is 0.208. The normalized spacial score (nSPS) is 16.9. The molecule has 9 nitrogen and oxygen atoms in total. The number of carbonyl (C=O) groups excluding carboxylic acids is 1. The van der Waals surface area contributed by atoms with Crippen molar-refractivity contribution >= 4 is 31.7 Å². The van der Waals surface area contributed by atoms with Crippen LogP contribution in [0.1, 0.15) is 11.1 Å². The van der Waals surface area contributed by atoms with E-state index in [1.54, 1.807) is 36.4 Å². The zero-order valence-electron chi connectivity index (χ0n) is 19.0. The highest BCUT2D eigenvalue weighted by Crippen LogP contribution is 2.35. The molecule has 184 valence electrons. The van der Waals surface area contributed by atoms with Crippen LogP contribution in [0.15, 0.2) is 82.6 Å². The molecule has 1 unspecified atom stereocenters. The predicted molar refractivity (Wildman–Crippen MR) is 129 cm³/mol. The van der Waals surface area contributed by atoms with Crippen molar-refractivity contribution in [3.63, 3.8) is 0 Å². The highest BCUT2D eigenvalue weighted by Gasteiger charge is 2.43. The van der Waals surface area contributed by atoms with Gasteiger partial charge in [0.05, 0.1) is 29.1 Å². The van der Waals surface area contributed by atoms with E-state index in [2.05, 4.69) is 0 Å². The average molecular weight is 517 g/mol. The van der Waals surface area contributed by atoms with E-state index in [1.807, 2.05) is 6.92 Å². The number of fused-ring (bicyclic) bond motifs is 1. The number of anilines is 1. The Morgan fingerprint density at radius 3 is 2.09 bits per heavy atom. The number of ether oxygens (including phenoxy) is 1. The standard InChI is InChI=1S/C24H24N2O7S2/c1-17-7-11-20(12-8-17)35(31,32)26-16-23(24(28)33-2)25(15-18-5-3-4-6-22(18)26)34(29,30)21-13-9-19(27)10-14-21/h3-14,23,27H,15-16H2,1-2H3. The van der Waals surface area contributed by atoms with Crippen LogP contribution >= 0.6 is 0 Å². The largest absolute Gasteiger partial charge is 0.508 e. The molecule has 0 fully saturated rings. The SMILES string of the molecule is COC(=O)C1CN(S(=O)(=O)c2ccc(C)cc2)c2ccccc2CN1S(=O)(=O)c1ccc(O)cc1. The van der Waals surface area contributed by atoms with Gasteiger partial charge in [-0.2, -0.15) is 4.31 Å². The second kappa shape index (κ2) is 9.33. The fourth-order valence-corrected chi connectivity index (χ4v) is 6.97. The van der Waals surface area contributed by atoms with Crippen molar-refractivity contribution in [1.82, 2.24) is 4.31 Å². The van der Waals surface area contributed by atoms with Crippen LogP contribution in [-0.2, 0) is 36.1 Å². The van der Waals surface area contributed by atoms with Crippen molar-refractivity contribution < 1.29 is 31.5 Å². The third kappa shape index (κ3) is 4.62. The molecule has 3 aromatic rings. The number of carbonyl (C=O) groups is 1. The van der Waals surface area contributed by atoms with E-state index in [4.69, 9.17) is 4.74 Å².